The first-order valence-corrected chi connectivity index (χ1v) is 11.9. The van der Waals surface area contributed by atoms with Crippen LogP contribution in [0.3, 0.4) is 0 Å². The number of thioether (sulfide) groups is 1. The Balaban J connectivity index is 1.56. The summed E-state index contributed by atoms with van der Waals surface area (Å²) in [4.78, 5) is 57.5. The lowest BCUT2D eigenvalue weighted by Gasteiger charge is -2.14. The zero-order chi connectivity index (χ0) is 25.8. The van der Waals surface area contributed by atoms with Gasteiger partial charge in [-0.1, -0.05) is 43.0 Å². The van der Waals surface area contributed by atoms with Crippen LogP contribution < -0.4 is 21.9 Å². The van der Waals surface area contributed by atoms with Crippen LogP contribution in [0.25, 0.3) is 0 Å². The third kappa shape index (κ3) is 5.71. The minimum absolute atomic E-state index is 0.101. The fourth-order valence-electron chi connectivity index (χ4n) is 3.61. The van der Waals surface area contributed by atoms with Gasteiger partial charge >= 0.3 is 5.69 Å². The van der Waals surface area contributed by atoms with Crippen molar-refractivity contribution in [3.8, 4) is 5.88 Å². The molecule has 2 heterocycles. The number of amides is 2. The number of rotatable bonds is 7. The molecule has 1 aliphatic rings. The maximum Gasteiger partial charge on any atom is 0.328 e. The van der Waals surface area contributed by atoms with Crippen LogP contribution in [-0.2, 0) is 16.0 Å². The number of halogens is 1. The van der Waals surface area contributed by atoms with E-state index in [2.05, 4.69) is 20.6 Å². The third-order valence-corrected chi connectivity index (χ3v) is 6.55. The quantitative estimate of drug-likeness (QED) is 0.327. The predicted molar refractivity (Wildman–Crippen MR) is 134 cm³/mol. The van der Waals surface area contributed by atoms with Crippen molar-refractivity contribution in [1.29, 1.82) is 0 Å². The second kappa shape index (κ2) is 10.6. The Morgan fingerprint density at radius 2 is 1.81 bits per heavy atom. The van der Waals surface area contributed by atoms with Crippen LogP contribution in [0.5, 0.6) is 5.88 Å². The number of anilines is 1. The zero-order valence-corrected chi connectivity index (χ0v) is 19.8. The summed E-state index contributed by atoms with van der Waals surface area (Å²) < 4.78 is 13.5. The largest absolute Gasteiger partial charge is 0.494 e. The molecule has 1 fully saturated rings. The number of aromatic amines is 2. The van der Waals surface area contributed by atoms with Crippen LogP contribution in [0.4, 0.5) is 10.1 Å². The van der Waals surface area contributed by atoms with Crippen molar-refractivity contribution in [2.45, 2.75) is 31.1 Å². The number of aliphatic imine (C=N–C) groups is 1. The van der Waals surface area contributed by atoms with Crippen LogP contribution >= 0.6 is 11.8 Å². The fraction of sp³-hybridized carbons (Fsp3) is 0.208. The van der Waals surface area contributed by atoms with Gasteiger partial charge in [0, 0.05) is 12.1 Å². The van der Waals surface area contributed by atoms with Crippen LogP contribution in [0.2, 0.25) is 0 Å². The molecule has 4 rings (SSSR count). The monoisotopic (exact) mass is 511 g/mol. The lowest BCUT2D eigenvalue weighted by atomic mass is 10.0. The van der Waals surface area contributed by atoms with Crippen molar-refractivity contribution < 1.29 is 19.1 Å². The van der Waals surface area contributed by atoms with E-state index in [0.717, 1.165) is 35.9 Å². The minimum Gasteiger partial charge on any atom is -0.494 e. The average Bonchev–Trinajstić information content (AvgIpc) is 3.17. The number of aromatic hydroxyl groups is 1. The molecule has 12 heteroatoms. The van der Waals surface area contributed by atoms with E-state index in [9.17, 15) is 28.7 Å². The third-order valence-electron chi connectivity index (χ3n) is 5.46. The minimum atomic E-state index is -1.18. The van der Waals surface area contributed by atoms with E-state index >= 15 is 0 Å². The Morgan fingerprint density at radius 3 is 2.44 bits per heavy atom. The summed E-state index contributed by atoms with van der Waals surface area (Å²) in [5.74, 6) is -2.05. The zero-order valence-electron chi connectivity index (χ0n) is 19.0. The first-order valence-electron chi connectivity index (χ1n) is 11.0. The van der Waals surface area contributed by atoms with Gasteiger partial charge in [0.2, 0.25) is 17.7 Å². The molecule has 0 aliphatic carbocycles. The summed E-state index contributed by atoms with van der Waals surface area (Å²) in [6.07, 6.45) is 0.744. The summed E-state index contributed by atoms with van der Waals surface area (Å²) in [6.45, 7) is 2.03. The van der Waals surface area contributed by atoms with Gasteiger partial charge in [-0.2, -0.15) is 0 Å². The lowest BCUT2D eigenvalue weighted by molar-refractivity contribution is -0.122. The molecular formula is C24H22FN5O5S. The molecule has 1 aliphatic heterocycles. The number of aryl methyl sites for hydroxylation is 1. The Kier molecular flexibility index (Phi) is 7.34. The number of nitrogens with zero attached hydrogens (tertiary/aromatic N) is 1. The molecule has 3 aromatic rings. The molecule has 5 N–H and O–H groups in total. The number of hydrogen-bond acceptors (Lipinski definition) is 7. The summed E-state index contributed by atoms with van der Waals surface area (Å²) in [6, 6.07) is 11.2. The highest BCUT2D eigenvalue weighted by molar-refractivity contribution is 8.15. The molecule has 0 saturated carbocycles. The highest BCUT2D eigenvalue weighted by atomic mass is 32.2. The second-order valence-corrected chi connectivity index (χ2v) is 9.15. The molecular weight excluding hydrogens is 489 g/mol. The highest BCUT2D eigenvalue weighted by Crippen LogP contribution is 2.31. The van der Waals surface area contributed by atoms with Gasteiger partial charge in [0.05, 0.1) is 0 Å². The highest BCUT2D eigenvalue weighted by Gasteiger charge is 2.33. The van der Waals surface area contributed by atoms with E-state index in [0.29, 0.717) is 11.3 Å². The van der Waals surface area contributed by atoms with Gasteiger partial charge < -0.3 is 15.7 Å². The Morgan fingerprint density at radius 1 is 1.11 bits per heavy atom. The van der Waals surface area contributed by atoms with Gasteiger partial charge in [-0.05, 0) is 41.8 Å². The predicted octanol–water partition coefficient (Wildman–Crippen LogP) is 2.18. The standard InChI is InChI=1S/C24H22FN5O5S/c1-2-12-3-9-15(10-4-12)26-17(31)11-16-20(32)30-24(36-16)27-19(13-5-7-14(25)8-6-13)18-21(33)28-23(35)29-22(18)34/h3-10,16,19H,2,11H2,1H3,(H,26,31)(H,27,30,32)(H3,28,29,33,34,35)/t16-,19+/m0/s1. The maximum atomic E-state index is 13.5. The average molecular weight is 512 g/mol. The first kappa shape index (κ1) is 24.9. The Bertz CT molecular complexity index is 1430. The molecule has 2 atom stereocenters. The molecule has 36 heavy (non-hydrogen) atoms. The van der Waals surface area contributed by atoms with Crippen molar-refractivity contribution in [3.05, 3.63) is 91.9 Å². The Hall–Kier alpha value is -4.19. The smallest absolute Gasteiger partial charge is 0.328 e. The van der Waals surface area contributed by atoms with E-state index < -0.39 is 40.1 Å². The summed E-state index contributed by atoms with van der Waals surface area (Å²) >= 11 is 0.988. The van der Waals surface area contributed by atoms with Gasteiger partial charge in [-0.15, -0.1) is 0 Å². The number of aromatic nitrogens is 2. The first-order chi connectivity index (χ1) is 17.2. The van der Waals surface area contributed by atoms with Gasteiger partial charge in [0.25, 0.3) is 5.56 Å². The molecule has 0 unspecified atom stereocenters. The van der Waals surface area contributed by atoms with Crippen molar-refractivity contribution >= 4 is 34.4 Å². The summed E-state index contributed by atoms with van der Waals surface area (Å²) in [7, 11) is 0. The number of amidine groups is 1. The van der Waals surface area contributed by atoms with E-state index in [1.807, 2.05) is 24.0 Å². The molecule has 1 saturated heterocycles. The van der Waals surface area contributed by atoms with E-state index in [1.165, 1.54) is 12.1 Å². The van der Waals surface area contributed by atoms with E-state index in [1.54, 1.807) is 12.1 Å². The number of carbonyl (C=O) groups excluding carboxylic acids is 2. The lowest BCUT2D eigenvalue weighted by Crippen LogP contribution is -2.29. The summed E-state index contributed by atoms with van der Waals surface area (Å²) in [5.41, 5.74) is -0.0372. The van der Waals surface area contributed by atoms with Gasteiger partial charge in [0.15, 0.2) is 5.17 Å². The number of nitrogens with one attached hydrogen (secondary N) is 4. The second-order valence-electron chi connectivity index (χ2n) is 7.96. The molecule has 0 radical (unpaired) electrons. The molecule has 0 bridgehead atoms. The molecule has 186 valence electrons. The van der Waals surface area contributed by atoms with Crippen molar-refractivity contribution in [2.75, 3.05) is 5.32 Å². The molecule has 2 aromatic carbocycles. The van der Waals surface area contributed by atoms with Crippen LogP contribution in [0.15, 0.2) is 63.1 Å². The summed E-state index contributed by atoms with van der Waals surface area (Å²) in [5, 5.41) is 14.9. The number of carbonyl (C=O) groups is 2. The molecule has 1 aromatic heterocycles. The molecule has 10 nitrogen and oxygen atoms in total. The number of benzene rings is 2. The van der Waals surface area contributed by atoms with Gasteiger partial charge in [0.1, 0.15) is 22.7 Å². The van der Waals surface area contributed by atoms with Crippen molar-refractivity contribution in [2.24, 2.45) is 4.99 Å². The van der Waals surface area contributed by atoms with E-state index in [-0.39, 0.29) is 23.1 Å². The normalized spacial score (nSPS) is 17.1. The molecule has 2 amide bonds. The number of hydrogen-bond donors (Lipinski definition) is 5. The van der Waals surface area contributed by atoms with Crippen LogP contribution in [0.1, 0.15) is 36.1 Å². The fourth-order valence-corrected chi connectivity index (χ4v) is 4.61. The SMILES string of the molecule is CCc1ccc(NC(=O)C[C@@H]2SC(=N[C@H](c3ccc(F)cc3)c3c(O)[nH]c(=O)[nH]c3=O)NC2=O)cc1. The van der Waals surface area contributed by atoms with Crippen LogP contribution in [-0.4, -0.2) is 37.3 Å². The van der Waals surface area contributed by atoms with Crippen LogP contribution in [0, 0.1) is 5.82 Å². The van der Waals surface area contributed by atoms with Gasteiger partial charge in [-0.25, -0.2) is 14.2 Å². The van der Waals surface area contributed by atoms with Crippen molar-refractivity contribution in [3.63, 3.8) is 0 Å². The van der Waals surface area contributed by atoms with E-state index in [4.69, 9.17) is 0 Å². The van der Waals surface area contributed by atoms with Crippen molar-refractivity contribution in [1.82, 2.24) is 15.3 Å². The van der Waals surface area contributed by atoms with Gasteiger partial charge in [-0.3, -0.25) is 24.4 Å². The Labute approximate surface area is 208 Å². The topological polar surface area (TPSA) is 157 Å². The number of H-pyrrole nitrogens is 2. The maximum absolute atomic E-state index is 13.5. The molecule has 0 spiro atoms.